The zero-order valence-corrected chi connectivity index (χ0v) is 13.8. The van der Waals surface area contributed by atoms with Crippen LogP contribution in [0.15, 0.2) is 12.1 Å². The summed E-state index contributed by atoms with van der Waals surface area (Å²) in [5.74, 6) is 7.89. The second-order valence-corrected chi connectivity index (χ2v) is 7.44. The van der Waals surface area contributed by atoms with E-state index in [0.717, 1.165) is 29.2 Å². The van der Waals surface area contributed by atoms with E-state index in [1.807, 2.05) is 17.8 Å². The van der Waals surface area contributed by atoms with Gasteiger partial charge < -0.3 is 9.84 Å². The number of carbonyl (C=O) groups excluding carboxylic acids is 1. The summed E-state index contributed by atoms with van der Waals surface area (Å²) >= 11 is 3.59. The van der Waals surface area contributed by atoms with Gasteiger partial charge in [-0.2, -0.15) is 11.8 Å². The normalized spacial score (nSPS) is 15.1. The Balaban J connectivity index is 1.74. The van der Waals surface area contributed by atoms with Gasteiger partial charge in [-0.1, -0.05) is 11.8 Å². The van der Waals surface area contributed by atoms with E-state index in [0.29, 0.717) is 12.8 Å². The average Bonchev–Trinajstić information content (AvgIpc) is 3.08. The van der Waals surface area contributed by atoms with Gasteiger partial charge in [0, 0.05) is 17.1 Å². The lowest BCUT2D eigenvalue weighted by Gasteiger charge is -2.12. The van der Waals surface area contributed by atoms with Crippen LogP contribution in [-0.4, -0.2) is 30.5 Å². The summed E-state index contributed by atoms with van der Waals surface area (Å²) in [6.07, 6.45) is 3.35. The zero-order valence-electron chi connectivity index (χ0n) is 12.2. The van der Waals surface area contributed by atoms with Crippen LogP contribution >= 0.6 is 23.1 Å². The van der Waals surface area contributed by atoms with E-state index in [-0.39, 0.29) is 18.0 Å². The Labute approximate surface area is 134 Å². The van der Waals surface area contributed by atoms with Gasteiger partial charge in [0.05, 0.1) is 25.0 Å². The molecule has 0 bridgehead atoms. The molecule has 1 N–H and O–H groups in total. The van der Waals surface area contributed by atoms with Gasteiger partial charge in [0.15, 0.2) is 0 Å². The first-order chi connectivity index (χ1) is 10.2. The minimum absolute atomic E-state index is 0.0920. The summed E-state index contributed by atoms with van der Waals surface area (Å²) in [4.78, 5) is 13.7. The maximum absolute atomic E-state index is 11.4. The van der Waals surface area contributed by atoms with Crippen molar-refractivity contribution in [3.05, 3.63) is 21.9 Å². The van der Waals surface area contributed by atoms with E-state index < -0.39 is 0 Å². The quantitative estimate of drug-likeness (QED) is 0.618. The summed E-state index contributed by atoms with van der Waals surface area (Å²) in [5, 5.41) is 8.69. The largest absolute Gasteiger partial charge is 0.469 e. The molecule has 2 rings (SSSR count). The molecular formula is C16H20O3S2. The summed E-state index contributed by atoms with van der Waals surface area (Å²) in [5.41, 5.74) is 0.193. The van der Waals surface area contributed by atoms with Crippen LogP contribution in [-0.2, 0) is 15.3 Å². The van der Waals surface area contributed by atoms with Crippen molar-refractivity contribution in [2.75, 3.05) is 19.5 Å². The van der Waals surface area contributed by atoms with Crippen molar-refractivity contribution in [2.45, 2.75) is 31.4 Å². The molecule has 0 radical (unpaired) electrons. The van der Waals surface area contributed by atoms with Crippen molar-refractivity contribution in [2.24, 2.45) is 5.41 Å². The highest BCUT2D eigenvalue weighted by Gasteiger charge is 2.44. The van der Waals surface area contributed by atoms with Gasteiger partial charge in [-0.05, 0) is 36.1 Å². The Kier molecular flexibility index (Phi) is 6.16. The van der Waals surface area contributed by atoms with Crippen LogP contribution in [0.3, 0.4) is 0 Å². The fourth-order valence-electron chi connectivity index (χ4n) is 2.02. The highest BCUT2D eigenvalue weighted by Crippen LogP contribution is 2.51. The Hall–Kier alpha value is -0.960. The van der Waals surface area contributed by atoms with Crippen LogP contribution in [0, 0.1) is 17.3 Å². The molecule has 1 aliphatic carbocycles. The van der Waals surface area contributed by atoms with Crippen molar-refractivity contribution >= 4 is 29.1 Å². The van der Waals surface area contributed by atoms with E-state index in [9.17, 15) is 4.79 Å². The Bertz CT molecular complexity index is 535. The predicted octanol–water partition coefficient (Wildman–Crippen LogP) is 3.06. The molecule has 1 fully saturated rings. The van der Waals surface area contributed by atoms with Crippen molar-refractivity contribution in [3.8, 4) is 11.8 Å². The Morgan fingerprint density at radius 1 is 1.52 bits per heavy atom. The maximum Gasteiger partial charge on any atom is 0.306 e. The second kappa shape index (κ2) is 7.88. The van der Waals surface area contributed by atoms with Gasteiger partial charge in [0.1, 0.15) is 0 Å². The van der Waals surface area contributed by atoms with Gasteiger partial charge in [-0.15, -0.1) is 11.3 Å². The van der Waals surface area contributed by atoms with Gasteiger partial charge in [0.25, 0.3) is 0 Å². The van der Waals surface area contributed by atoms with E-state index in [1.54, 1.807) is 11.3 Å². The van der Waals surface area contributed by atoms with Crippen LogP contribution in [0.4, 0.5) is 0 Å². The first-order valence-electron chi connectivity index (χ1n) is 7.00. The minimum Gasteiger partial charge on any atom is -0.469 e. The zero-order chi connectivity index (χ0) is 15.1. The molecule has 0 aliphatic heterocycles. The smallest absolute Gasteiger partial charge is 0.306 e. The van der Waals surface area contributed by atoms with E-state index in [1.165, 1.54) is 12.0 Å². The molecule has 0 aromatic carbocycles. The molecule has 0 atom stereocenters. The average molecular weight is 324 g/mol. The lowest BCUT2D eigenvalue weighted by Crippen LogP contribution is -2.13. The molecule has 1 aromatic heterocycles. The molecule has 5 heteroatoms. The number of carbonyl (C=O) groups is 1. The number of hydrogen-bond acceptors (Lipinski definition) is 5. The standard InChI is InChI=1S/C16H20O3S2/c1-19-15(18)10-16(7-8-16)12-20-11-14-6-5-13(21-14)4-2-3-9-17/h5-6,17H,3,7-12H2,1H3. The third-order valence-electron chi connectivity index (χ3n) is 3.47. The van der Waals surface area contributed by atoms with Gasteiger partial charge in [-0.25, -0.2) is 0 Å². The van der Waals surface area contributed by atoms with Gasteiger partial charge in [-0.3, -0.25) is 4.79 Å². The molecule has 1 heterocycles. The molecule has 0 saturated heterocycles. The number of hydrogen-bond donors (Lipinski definition) is 1. The van der Waals surface area contributed by atoms with Crippen molar-refractivity contribution in [1.82, 2.24) is 0 Å². The number of aliphatic hydroxyl groups is 1. The number of thiophene rings is 1. The molecule has 21 heavy (non-hydrogen) atoms. The van der Waals surface area contributed by atoms with E-state index in [2.05, 4.69) is 17.9 Å². The Morgan fingerprint density at radius 3 is 3.00 bits per heavy atom. The number of aliphatic hydroxyl groups excluding tert-OH is 1. The summed E-state index contributed by atoms with van der Waals surface area (Å²) in [7, 11) is 1.45. The highest BCUT2D eigenvalue weighted by molar-refractivity contribution is 7.98. The molecule has 1 aliphatic rings. The second-order valence-electron chi connectivity index (χ2n) is 5.29. The number of methoxy groups -OCH3 is 1. The van der Waals surface area contributed by atoms with Crippen LogP contribution in [0.5, 0.6) is 0 Å². The summed E-state index contributed by atoms with van der Waals surface area (Å²) in [6, 6.07) is 4.15. The summed E-state index contributed by atoms with van der Waals surface area (Å²) in [6.45, 7) is 0.114. The third-order valence-corrected chi connectivity index (χ3v) is 5.98. The maximum atomic E-state index is 11.4. The molecule has 114 valence electrons. The van der Waals surface area contributed by atoms with E-state index >= 15 is 0 Å². The van der Waals surface area contributed by atoms with Crippen LogP contribution in [0.2, 0.25) is 0 Å². The SMILES string of the molecule is COC(=O)CC1(CSCc2ccc(C#CCCO)s2)CC1. The van der Waals surface area contributed by atoms with Crippen molar-refractivity contribution < 1.29 is 14.6 Å². The van der Waals surface area contributed by atoms with Crippen LogP contribution in [0.25, 0.3) is 0 Å². The summed E-state index contributed by atoms with van der Waals surface area (Å²) < 4.78 is 4.76. The predicted molar refractivity (Wildman–Crippen MR) is 87.4 cm³/mol. The highest BCUT2D eigenvalue weighted by atomic mass is 32.2. The lowest BCUT2D eigenvalue weighted by atomic mass is 10.1. The molecule has 0 spiro atoms. The number of rotatable bonds is 7. The lowest BCUT2D eigenvalue weighted by molar-refractivity contribution is -0.141. The molecule has 0 unspecified atom stereocenters. The monoisotopic (exact) mass is 324 g/mol. The number of ether oxygens (including phenoxy) is 1. The van der Waals surface area contributed by atoms with Gasteiger partial charge >= 0.3 is 5.97 Å². The van der Waals surface area contributed by atoms with Crippen molar-refractivity contribution in [3.63, 3.8) is 0 Å². The van der Waals surface area contributed by atoms with Crippen LogP contribution < -0.4 is 0 Å². The third kappa shape index (κ3) is 5.39. The minimum atomic E-state index is -0.0920. The molecule has 1 aromatic rings. The number of esters is 1. The van der Waals surface area contributed by atoms with Gasteiger partial charge in [0.2, 0.25) is 0 Å². The molecule has 3 nitrogen and oxygen atoms in total. The van der Waals surface area contributed by atoms with Crippen LogP contribution in [0.1, 0.15) is 35.4 Å². The Morgan fingerprint density at radius 2 is 2.33 bits per heavy atom. The molecule has 1 saturated carbocycles. The number of thioether (sulfide) groups is 1. The van der Waals surface area contributed by atoms with Crippen molar-refractivity contribution in [1.29, 1.82) is 0 Å². The first kappa shape index (κ1) is 16.4. The van der Waals surface area contributed by atoms with E-state index in [4.69, 9.17) is 9.84 Å². The topological polar surface area (TPSA) is 46.5 Å². The fourth-order valence-corrected chi connectivity index (χ4v) is 4.41. The first-order valence-corrected chi connectivity index (χ1v) is 8.98. The fraction of sp³-hybridized carbons (Fsp3) is 0.562. The molecular weight excluding hydrogens is 304 g/mol. The molecule has 0 amide bonds.